The maximum absolute atomic E-state index is 11.8. The fraction of sp³-hybridized carbons (Fsp3) is 0.800. The van der Waals surface area contributed by atoms with E-state index in [-0.39, 0.29) is 0 Å². The first kappa shape index (κ1) is 10.2. The Morgan fingerprint density at radius 2 is 2.09 bits per heavy atom. The monoisotopic (exact) mass is 171 g/mol. The SMILES string of the molecule is COC(=O)C(CN)C(F)(F)F. The molecule has 0 fully saturated rings. The van der Waals surface area contributed by atoms with Gasteiger partial charge in [0.05, 0.1) is 7.11 Å². The van der Waals surface area contributed by atoms with Crippen molar-refractivity contribution in [2.24, 2.45) is 11.7 Å². The lowest BCUT2D eigenvalue weighted by Gasteiger charge is -2.14. The highest BCUT2D eigenvalue weighted by Gasteiger charge is 2.44. The number of ether oxygens (including phenoxy) is 1. The lowest BCUT2D eigenvalue weighted by molar-refractivity contribution is -0.193. The molecule has 0 heterocycles. The number of carbonyl (C=O) groups excluding carboxylic acids is 1. The number of rotatable bonds is 2. The maximum atomic E-state index is 11.8. The maximum Gasteiger partial charge on any atom is 0.403 e. The van der Waals surface area contributed by atoms with Crippen LogP contribution in [0.1, 0.15) is 0 Å². The van der Waals surface area contributed by atoms with Gasteiger partial charge in [0, 0.05) is 6.54 Å². The summed E-state index contributed by atoms with van der Waals surface area (Å²) in [6.07, 6.45) is -4.61. The Morgan fingerprint density at radius 1 is 1.64 bits per heavy atom. The van der Waals surface area contributed by atoms with E-state index in [0.29, 0.717) is 0 Å². The van der Waals surface area contributed by atoms with Crippen molar-refractivity contribution >= 4 is 5.97 Å². The van der Waals surface area contributed by atoms with Crippen LogP contribution in [0.25, 0.3) is 0 Å². The third kappa shape index (κ3) is 2.75. The Balaban J connectivity index is 4.29. The second-order valence-electron chi connectivity index (χ2n) is 1.85. The Labute approximate surface area is 61.3 Å². The van der Waals surface area contributed by atoms with Crippen LogP contribution in [0.5, 0.6) is 0 Å². The summed E-state index contributed by atoms with van der Waals surface area (Å²) < 4.78 is 39.2. The highest BCUT2D eigenvalue weighted by atomic mass is 19.4. The number of nitrogens with two attached hydrogens (primary N) is 1. The van der Waals surface area contributed by atoms with Crippen LogP contribution >= 0.6 is 0 Å². The van der Waals surface area contributed by atoms with Gasteiger partial charge in [-0.1, -0.05) is 0 Å². The van der Waals surface area contributed by atoms with Crippen LogP contribution in [0.15, 0.2) is 0 Å². The highest BCUT2D eigenvalue weighted by molar-refractivity contribution is 5.73. The molecule has 0 aromatic carbocycles. The minimum Gasteiger partial charge on any atom is -0.469 e. The molecule has 6 heteroatoms. The molecule has 0 aliphatic heterocycles. The molecule has 0 spiro atoms. The second kappa shape index (κ2) is 3.56. The summed E-state index contributed by atoms with van der Waals surface area (Å²) in [6.45, 7) is -0.782. The van der Waals surface area contributed by atoms with Crippen LogP contribution in [0.4, 0.5) is 13.2 Å². The normalized spacial score (nSPS) is 14.3. The van der Waals surface area contributed by atoms with Crippen LogP contribution in [-0.4, -0.2) is 25.8 Å². The van der Waals surface area contributed by atoms with Crippen LogP contribution in [0.2, 0.25) is 0 Å². The minimum atomic E-state index is -4.61. The number of hydrogen-bond acceptors (Lipinski definition) is 3. The predicted octanol–water partition coefficient (Wildman–Crippen LogP) is 0.297. The first-order valence-electron chi connectivity index (χ1n) is 2.78. The molecule has 2 N–H and O–H groups in total. The molecular weight excluding hydrogens is 163 g/mol. The lowest BCUT2D eigenvalue weighted by Crippen LogP contribution is -2.37. The van der Waals surface area contributed by atoms with Crippen molar-refractivity contribution in [1.82, 2.24) is 0 Å². The molecule has 0 aromatic heterocycles. The molecule has 0 aromatic rings. The quantitative estimate of drug-likeness (QED) is 0.608. The minimum absolute atomic E-state index is 0.782. The highest BCUT2D eigenvalue weighted by Crippen LogP contribution is 2.25. The van der Waals surface area contributed by atoms with Gasteiger partial charge in [-0.3, -0.25) is 4.79 Å². The number of hydrogen-bond donors (Lipinski definition) is 1. The molecular formula is C5H8F3NO2. The molecule has 11 heavy (non-hydrogen) atoms. The smallest absolute Gasteiger partial charge is 0.403 e. The van der Waals surface area contributed by atoms with Crippen molar-refractivity contribution in [3.8, 4) is 0 Å². The van der Waals surface area contributed by atoms with E-state index in [4.69, 9.17) is 5.73 Å². The molecule has 0 amide bonds. The Hall–Kier alpha value is -0.780. The predicted molar refractivity (Wildman–Crippen MR) is 30.6 cm³/mol. The van der Waals surface area contributed by atoms with E-state index in [1.54, 1.807) is 0 Å². The molecule has 0 saturated heterocycles. The van der Waals surface area contributed by atoms with Gasteiger partial charge in [0.15, 0.2) is 5.92 Å². The fourth-order valence-electron chi connectivity index (χ4n) is 0.506. The van der Waals surface area contributed by atoms with Crippen molar-refractivity contribution in [3.63, 3.8) is 0 Å². The van der Waals surface area contributed by atoms with Crippen molar-refractivity contribution in [3.05, 3.63) is 0 Å². The number of esters is 1. The van der Waals surface area contributed by atoms with Gasteiger partial charge in [-0.25, -0.2) is 0 Å². The van der Waals surface area contributed by atoms with Crippen LogP contribution in [-0.2, 0) is 9.53 Å². The molecule has 0 radical (unpaired) electrons. The van der Waals surface area contributed by atoms with E-state index < -0.39 is 24.6 Å². The second-order valence-corrected chi connectivity index (χ2v) is 1.85. The molecule has 0 aliphatic carbocycles. The molecule has 0 aliphatic rings. The lowest BCUT2D eigenvalue weighted by atomic mass is 10.1. The standard InChI is InChI=1S/C5H8F3NO2/c1-11-4(10)3(2-9)5(6,7)8/h3H,2,9H2,1H3. The van der Waals surface area contributed by atoms with Gasteiger partial charge in [0.2, 0.25) is 0 Å². The summed E-state index contributed by atoms with van der Waals surface area (Å²) in [6, 6.07) is 0. The number of halogens is 3. The third-order valence-corrected chi connectivity index (χ3v) is 1.12. The van der Waals surface area contributed by atoms with E-state index >= 15 is 0 Å². The van der Waals surface area contributed by atoms with Crippen molar-refractivity contribution < 1.29 is 22.7 Å². The average Bonchev–Trinajstić information content (AvgIpc) is 1.86. The first-order valence-corrected chi connectivity index (χ1v) is 2.78. The summed E-state index contributed by atoms with van der Waals surface area (Å²) in [7, 11) is 0.886. The van der Waals surface area contributed by atoms with E-state index in [0.717, 1.165) is 7.11 Å². The van der Waals surface area contributed by atoms with Gasteiger partial charge < -0.3 is 10.5 Å². The molecule has 66 valence electrons. The average molecular weight is 171 g/mol. The van der Waals surface area contributed by atoms with Gasteiger partial charge in [-0.15, -0.1) is 0 Å². The topological polar surface area (TPSA) is 52.3 Å². The molecule has 1 atom stereocenters. The van der Waals surface area contributed by atoms with Gasteiger partial charge in [-0.05, 0) is 0 Å². The molecule has 1 unspecified atom stereocenters. The molecule has 0 saturated carbocycles. The Bertz CT molecular complexity index is 145. The largest absolute Gasteiger partial charge is 0.469 e. The summed E-state index contributed by atoms with van der Waals surface area (Å²) in [5.41, 5.74) is 4.71. The van der Waals surface area contributed by atoms with E-state index in [1.807, 2.05) is 0 Å². The van der Waals surface area contributed by atoms with Crippen molar-refractivity contribution in [1.29, 1.82) is 0 Å². The third-order valence-electron chi connectivity index (χ3n) is 1.12. The molecule has 0 bridgehead atoms. The van der Waals surface area contributed by atoms with Crippen LogP contribution in [0, 0.1) is 5.92 Å². The summed E-state index contributed by atoms with van der Waals surface area (Å²) in [5, 5.41) is 0. The van der Waals surface area contributed by atoms with E-state index in [1.165, 1.54) is 0 Å². The zero-order valence-corrected chi connectivity index (χ0v) is 5.81. The Morgan fingerprint density at radius 3 is 2.18 bits per heavy atom. The van der Waals surface area contributed by atoms with Gasteiger partial charge in [0.1, 0.15) is 0 Å². The first-order chi connectivity index (χ1) is 4.93. The van der Waals surface area contributed by atoms with Crippen LogP contribution in [0.3, 0.4) is 0 Å². The van der Waals surface area contributed by atoms with Gasteiger partial charge in [-0.2, -0.15) is 13.2 Å². The van der Waals surface area contributed by atoms with Crippen molar-refractivity contribution in [2.75, 3.05) is 13.7 Å². The number of alkyl halides is 3. The Kier molecular flexibility index (Phi) is 3.31. The van der Waals surface area contributed by atoms with Crippen molar-refractivity contribution in [2.45, 2.75) is 6.18 Å². The van der Waals surface area contributed by atoms with Gasteiger partial charge >= 0.3 is 12.1 Å². The van der Waals surface area contributed by atoms with Gasteiger partial charge in [0.25, 0.3) is 0 Å². The zero-order chi connectivity index (χ0) is 9.07. The van der Waals surface area contributed by atoms with E-state index in [9.17, 15) is 18.0 Å². The fourth-order valence-corrected chi connectivity index (χ4v) is 0.506. The summed E-state index contributed by atoms with van der Waals surface area (Å²) >= 11 is 0. The van der Waals surface area contributed by atoms with E-state index in [2.05, 4.69) is 4.74 Å². The number of carbonyl (C=O) groups is 1. The number of methoxy groups -OCH3 is 1. The summed E-state index contributed by atoms with van der Waals surface area (Å²) in [5.74, 6) is -3.55. The summed E-state index contributed by atoms with van der Waals surface area (Å²) in [4.78, 5) is 10.4. The van der Waals surface area contributed by atoms with Crippen LogP contribution < -0.4 is 5.73 Å². The molecule has 0 rings (SSSR count). The molecule has 3 nitrogen and oxygen atoms in total. The zero-order valence-electron chi connectivity index (χ0n) is 5.81.